The lowest BCUT2D eigenvalue weighted by Gasteiger charge is -2.25. The lowest BCUT2D eigenvalue weighted by Crippen LogP contribution is -2.37. The molecular weight excluding hydrogens is 312 g/mol. The second-order valence-electron chi connectivity index (χ2n) is 5.21. The summed E-state index contributed by atoms with van der Waals surface area (Å²) < 4.78 is 21.4. The van der Waals surface area contributed by atoms with E-state index in [1.807, 2.05) is 0 Å². The molecule has 0 amide bonds. The first-order valence-corrected chi connectivity index (χ1v) is 7.37. The second-order valence-corrected chi connectivity index (χ2v) is 5.21. The van der Waals surface area contributed by atoms with Gasteiger partial charge in [-0.1, -0.05) is 6.07 Å². The van der Waals surface area contributed by atoms with Gasteiger partial charge in [-0.2, -0.15) is 0 Å². The molecule has 3 rings (SSSR count). The Balaban J connectivity index is 1.78. The minimum atomic E-state index is -0.746. The number of fused-ring (bicyclic) bond motifs is 1. The van der Waals surface area contributed by atoms with Crippen LogP contribution in [0, 0.1) is 0 Å². The Labute approximate surface area is 138 Å². The van der Waals surface area contributed by atoms with Gasteiger partial charge in [0.2, 0.25) is 5.78 Å². The van der Waals surface area contributed by atoms with E-state index in [9.17, 15) is 9.59 Å². The molecule has 0 fully saturated rings. The fourth-order valence-electron chi connectivity index (χ4n) is 2.40. The smallest absolute Gasteiger partial charge is 0.308 e. The van der Waals surface area contributed by atoms with Crippen LogP contribution in [0.3, 0.4) is 0 Å². The van der Waals surface area contributed by atoms with Crippen molar-refractivity contribution in [2.75, 3.05) is 13.7 Å². The Kier molecular flexibility index (Phi) is 4.37. The predicted molar refractivity (Wildman–Crippen MR) is 85.0 cm³/mol. The summed E-state index contributed by atoms with van der Waals surface area (Å²) in [7, 11) is 1.56. The van der Waals surface area contributed by atoms with Gasteiger partial charge in [-0.15, -0.1) is 0 Å². The van der Waals surface area contributed by atoms with E-state index in [1.54, 1.807) is 43.5 Å². The van der Waals surface area contributed by atoms with E-state index >= 15 is 0 Å². The molecule has 124 valence electrons. The first kappa shape index (κ1) is 15.9. The SMILES string of the molecule is COc1cccc(OC2COc3cc(OC(C)=O)ccc3C2=O)c1. The molecule has 6 heteroatoms. The van der Waals surface area contributed by atoms with Crippen LogP contribution in [0.4, 0.5) is 0 Å². The van der Waals surface area contributed by atoms with Crippen LogP contribution in [0.2, 0.25) is 0 Å². The Bertz CT molecular complexity index is 783. The number of carbonyl (C=O) groups is 2. The topological polar surface area (TPSA) is 71.1 Å². The van der Waals surface area contributed by atoms with E-state index in [2.05, 4.69) is 0 Å². The largest absolute Gasteiger partial charge is 0.497 e. The minimum Gasteiger partial charge on any atom is -0.497 e. The number of ether oxygens (including phenoxy) is 4. The number of esters is 1. The molecule has 0 aliphatic carbocycles. The Morgan fingerprint density at radius 1 is 1.12 bits per heavy atom. The lowest BCUT2D eigenvalue weighted by molar-refractivity contribution is -0.131. The molecule has 0 bridgehead atoms. The van der Waals surface area contributed by atoms with Crippen LogP contribution >= 0.6 is 0 Å². The summed E-state index contributed by atoms with van der Waals surface area (Å²) in [6.07, 6.45) is -0.746. The van der Waals surface area contributed by atoms with Crippen molar-refractivity contribution in [2.45, 2.75) is 13.0 Å². The maximum Gasteiger partial charge on any atom is 0.308 e. The molecule has 0 aromatic heterocycles. The van der Waals surface area contributed by atoms with Gasteiger partial charge < -0.3 is 18.9 Å². The molecule has 1 unspecified atom stereocenters. The average Bonchev–Trinajstić information content (AvgIpc) is 2.57. The molecule has 0 spiro atoms. The summed E-state index contributed by atoms with van der Waals surface area (Å²) in [5.74, 6) is 1.26. The quantitative estimate of drug-likeness (QED) is 0.635. The molecule has 24 heavy (non-hydrogen) atoms. The third-order valence-corrected chi connectivity index (χ3v) is 3.48. The number of methoxy groups -OCH3 is 1. The van der Waals surface area contributed by atoms with Gasteiger partial charge in [0.15, 0.2) is 6.10 Å². The van der Waals surface area contributed by atoms with Crippen LogP contribution in [0.5, 0.6) is 23.0 Å². The van der Waals surface area contributed by atoms with E-state index in [0.717, 1.165) is 0 Å². The van der Waals surface area contributed by atoms with Crippen molar-refractivity contribution in [2.24, 2.45) is 0 Å². The summed E-state index contributed by atoms with van der Waals surface area (Å²) in [4.78, 5) is 23.6. The van der Waals surface area contributed by atoms with Gasteiger partial charge in [0.1, 0.15) is 29.6 Å². The van der Waals surface area contributed by atoms with Crippen molar-refractivity contribution in [3.63, 3.8) is 0 Å². The molecule has 1 heterocycles. The molecular formula is C18H16O6. The zero-order valence-electron chi connectivity index (χ0n) is 13.3. The highest BCUT2D eigenvalue weighted by Crippen LogP contribution is 2.31. The highest BCUT2D eigenvalue weighted by molar-refractivity contribution is 6.03. The molecule has 0 N–H and O–H groups in total. The summed E-state index contributed by atoms with van der Waals surface area (Å²) in [6.45, 7) is 1.38. The van der Waals surface area contributed by atoms with Crippen LogP contribution in [-0.4, -0.2) is 31.6 Å². The fraction of sp³-hybridized carbons (Fsp3) is 0.222. The van der Waals surface area contributed by atoms with E-state index < -0.39 is 12.1 Å². The monoisotopic (exact) mass is 328 g/mol. The number of carbonyl (C=O) groups excluding carboxylic acids is 2. The Hall–Kier alpha value is -3.02. The first-order chi connectivity index (χ1) is 11.6. The van der Waals surface area contributed by atoms with E-state index in [0.29, 0.717) is 28.6 Å². The second kappa shape index (κ2) is 6.62. The van der Waals surface area contributed by atoms with Crippen molar-refractivity contribution in [1.29, 1.82) is 0 Å². The summed E-state index contributed by atoms with van der Waals surface area (Å²) in [5, 5.41) is 0. The summed E-state index contributed by atoms with van der Waals surface area (Å²) in [6, 6.07) is 11.7. The Morgan fingerprint density at radius 3 is 2.67 bits per heavy atom. The minimum absolute atomic E-state index is 0.0760. The number of ketones is 1. The number of rotatable bonds is 4. The van der Waals surface area contributed by atoms with Gasteiger partial charge in [-0.3, -0.25) is 9.59 Å². The van der Waals surface area contributed by atoms with E-state index in [1.165, 1.54) is 13.0 Å². The van der Waals surface area contributed by atoms with Crippen molar-refractivity contribution in [1.82, 2.24) is 0 Å². The molecule has 1 aliphatic heterocycles. The molecule has 1 atom stereocenters. The van der Waals surface area contributed by atoms with Gasteiger partial charge >= 0.3 is 5.97 Å². The predicted octanol–water partition coefficient (Wildman–Crippen LogP) is 2.64. The van der Waals surface area contributed by atoms with Gasteiger partial charge in [0, 0.05) is 19.1 Å². The third kappa shape index (κ3) is 3.32. The molecule has 0 saturated carbocycles. The van der Waals surface area contributed by atoms with E-state index in [-0.39, 0.29) is 12.4 Å². The first-order valence-electron chi connectivity index (χ1n) is 7.37. The van der Waals surface area contributed by atoms with Crippen molar-refractivity contribution < 1.29 is 28.5 Å². The van der Waals surface area contributed by atoms with E-state index in [4.69, 9.17) is 18.9 Å². The number of hydrogen-bond acceptors (Lipinski definition) is 6. The molecule has 2 aromatic carbocycles. The number of hydrogen-bond donors (Lipinski definition) is 0. The molecule has 1 aliphatic rings. The number of Topliss-reactive ketones (excluding diaryl/α,β-unsaturated/α-hetero) is 1. The fourth-order valence-corrected chi connectivity index (χ4v) is 2.40. The van der Waals surface area contributed by atoms with Crippen molar-refractivity contribution >= 4 is 11.8 Å². The van der Waals surface area contributed by atoms with Crippen molar-refractivity contribution in [3.05, 3.63) is 48.0 Å². The maximum atomic E-state index is 12.6. The van der Waals surface area contributed by atoms with Crippen LogP contribution in [0.1, 0.15) is 17.3 Å². The lowest BCUT2D eigenvalue weighted by atomic mass is 10.0. The third-order valence-electron chi connectivity index (χ3n) is 3.48. The zero-order chi connectivity index (χ0) is 17.1. The molecule has 0 saturated heterocycles. The summed E-state index contributed by atoms with van der Waals surface area (Å²) in [5.41, 5.74) is 0.394. The normalized spacial score (nSPS) is 15.9. The van der Waals surface area contributed by atoms with Crippen LogP contribution in [-0.2, 0) is 4.79 Å². The number of benzene rings is 2. The molecule has 6 nitrogen and oxygen atoms in total. The highest BCUT2D eigenvalue weighted by Gasteiger charge is 2.31. The highest BCUT2D eigenvalue weighted by atomic mass is 16.5. The van der Waals surface area contributed by atoms with Gasteiger partial charge in [-0.05, 0) is 24.3 Å². The van der Waals surface area contributed by atoms with Gasteiger partial charge in [-0.25, -0.2) is 0 Å². The zero-order valence-corrected chi connectivity index (χ0v) is 13.3. The summed E-state index contributed by atoms with van der Waals surface area (Å²) >= 11 is 0. The van der Waals surface area contributed by atoms with Crippen LogP contribution < -0.4 is 18.9 Å². The van der Waals surface area contributed by atoms with Crippen LogP contribution in [0.15, 0.2) is 42.5 Å². The van der Waals surface area contributed by atoms with Crippen LogP contribution in [0.25, 0.3) is 0 Å². The Morgan fingerprint density at radius 2 is 1.92 bits per heavy atom. The van der Waals surface area contributed by atoms with Gasteiger partial charge in [0.25, 0.3) is 0 Å². The van der Waals surface area contributed by atoms with Crippen molar-refractivity contribution in [3.8, 4) is 23.0 Å². The molecule has 2 aromatic rings. The average molecular weight is 328 g/mol. The maximum absolute atomic E-state index is 12.6. The molecule has 0 radical (unpaired) electrons. The standard InChI is InChI=1S/C18H16O6/c1-11(19)23-14-6-7-15-16(9-14)22-10-17(18(15)20)24-13-5-3-4-12(8-13)21-2/h3-9,17H,10H2,1-2H3. The van der Waals surface area contributed by atoms with Gasteiger partial charge in [0.05, 0.1) is 12.7 Å².